The lowest BCUT2D eigenvalue weighted by atomic mass is 10.3. The number of sulfonamides is 1. The number of hydrogen-bond donors (Lipinski definition) is 2. The van der Waals surface area contributed by atoms with Crippen molar-refractivity contribution in [2.75, 3.05) is 4.72 Å². The molecule has 0 saturated carbocycles. The zero-order valence-electron chi connectivity index (χ0n) is 9.05. The normalized spacial score (nSPS) is 11.2. The molecule has 0 fully saturated rings. The third-order valence-electron chi connectivity index (χ3n) is 2.18. The lowest BCUT2D eigenvalue weighted by Crippen LogP contribution is -2.15. The van der Waals surface area contributed by atoms with Crippen LogP contribution in [0.1, 0.15) is 0 Å². The average molecular weight is 285 g/mol. The Kier molecular flexibility index (Phi) is 3.40. The maximum atomic E-state index is 12.0. The van der Waals surface area contributed by atoms with Gasteiger partial charge in [0.2, 0.25) is 5.56 Å². The van der Waals surface area contributed by atoms with E-state index >= 15 is 0 Å². The smallest absolute Gasteiger partial charge is 0.263 e. The van der Waals surface area contributed by atoms with E-state index in [-0.39, 0.29) is 16.1 Å². The Morgan fingerprint density at radius 1 is 1.11 bits per heavy atom. The molecule has 2 aromatic rings. The number of anilines is 1. The summed E-state index contributed by atoms with van der Waals surface area (Å²) in [7, 11) is -3.76. The molecule has 5 nitrogen and oxygen atoms in total. The molecule has 2 rings (SSSR count). The molecule has 94 valence electrons. The minimum atomic E-state index is -3.76. The molecule has 0 saturated heterocycles. The van der Waals surface area contributed by atoms with E-state index in [1.807, 2.05) is 0 Å². The van der Waals surface area contributed by atoms with Crippen molar-refractivity contribution in [3.8, 4) is 0 Å². The Hall–Kier alpha value is -1.79. The van der Waals surface area contributed by atoms with Gasteiger partial charge in [0, 0.05) is 12.3 Å². The van der Waals surface area contributed by atoms with Crippen molar-refractivity contribution >= 4 is 27.3 Å². The fourth-order valence-corrected chi connectivity index (χ4v) is 2.60. The third-order valence-corrected chi connectivity index (χ3v) is 3.88. The molecule has 0 aliphatic heterocycles. The number of H-pyrrole nitrogens is 1. The van der Waals surface area contributed by atoms with Crippen molar-refractivity contribution in [2.24, 2.45) is 0 Å². The molecule has 0 unspecified atom stereocenters. The molecule has 18 heavy (non-hydrogen) atoms. The van der Waals surface area contributed by atoms with Gasteiger partial charge in [-0.15, -0.1) is 0 Å². The van der Waals surface area contributed by atoms with Gasteiger partial charge in [-0.25, -0.2) is 8.42 Å². The van der Waals surface area contributed by atoms with Gasteiger partial charge < -0.3 is 4.98 Å². The van der Waals surface area contributed by atoms with E-state index in [0.717, 1.165) is 12.3 Å². The van der Waals surface area contributed by atoms with Crippen LogP contribution in [0.2, 0.25) is 5.02 Å². The van der Waals surface area contributed by atoms with E-state index in [9.17, 15) is 13.2 Å². The highest BCUT2D eigenvalue weighted by Gasteiger charge is 2.15. The monoisotopic (exact) mass is 284 g/mol. The molecule has 0 aliphatic rings. The van der Waals surface area contributed by atoms with Crippen LogP contribution in [0, 0.1) is 0 Å². The van der Waals surface area contributed by atoms with Crippen molar-refractivity contribution < 1.29 is 8.42 Å². The second-order valence-corrected chi connectivity index (χ2v) is 5.56. The van der Waals surface area contributed by atoms with Crippen molar-refractivity contribution in [2.45, 2.75) is 4.90 Å². The Morgan fingerprint density at radius 2 is 1.83 bits per heavy atom. The topological polar surface area (TPSA) is 79.0 Å². The zero-order chi connectivity index (χ0) is 13.2. The molecule has 0 aliphatic carbocycles. The minimum Gasteiger partial charge on any atom is -0.328 e. The molecule has 0 radical (unpaired) electrons. The van der Waals surface area contributed by atoms with E-state index in [1.54, 1.807) is 24.3 Å². The van der Waals surface area contributed by atoms with E-state index in [2.05, 4.69) is 9.71 Å². The van der Waals surface area contributed by atoms with Crippen LogP contribution < -0.4 is 10.3 Å². The highest BCUT2D eigenvalue weighted by molar-refractivity contribution is 7.92. The molecule has 2 N–H and O–H groups in total. The van der Waals surface area contributed by atoms with Gasteiger partial charge >= 0.3 is 0 Å². The predicted octanol–water partition coefficient (Wildman–Crippen LogP) is 1.83. The summed E-state index contributed by atoms with van der Waals surface area (Å²) >= 11 is 5.86. The molecule has 7 heteroatoms. The fraction of sp³-hybridized carbons (Fsp3) is 0. The number of halogens is 1. The summed E-state index contributed by atoms with van der Waals surface area (Å²) in [4.78, 5) is 13.1. The molecule has 0 amide bonds. The van der Waals surface area contributed by atoms with Crippen LogP contribution >= 0.6 is 11.6 Å². The van der Waals surface area contributed by atoms with Crippen LogP contribution in [-0.4, -0.2) is 13.4 Å². The van der Waals surface area contributed by atoms with Crippen LogP contribution in [0.4, 0.5) is 5.69 Å². The summed E-state index contributed by atoms with van der Waals surface area (Å²) in [5.41, 5.74) is -0.0861. The Morgan fingerprint density at radius 3 is 2.44 bits per heavy atom. The molecule has 0 bridgehead atoms. The second kappa shape index (κ2) is 4.83. The fourth-order valence-electron chi connectivity index (χ4n) is 1.31. The quantitative estimate of drug-likeness (QED) is 0.902. The van der Waals surface area contributed by atoms with Crippen molar-refractivity contribution in [3.63, 3.8) is 0 Å². The first-order valence-electron chi connectivity index (χ1n) is 4.95. The summed E-state index contributed by atoms with van der Waals surface area (Å²) in [6.45, 7) is 0. The standard InChI is InChI=1S/C11H9ClN2O3S/c12-9-3-1-2-4-10(9)14-18(16,17)8-5-6-11(15)13-7-8/h1-7,14H,(H,13,15). The predicted molar refractivity (Wildman–Crippen MR) is 69.3 cm³/mol. The number of aromatic nitrogens is 1. The lowest BCUT2D eigenvalue weighted by Gasteiger charge is -2.08. The largest absolute Gasteiger partial charge is 0.328 e. The molecule has 1 heterocycles. The number of hydrogen-bond acceptors (Lipinski definition) is 3. The van der Waals surface area contributed by atoms with Gasteiger partial charge in [-0.3, -0.25) is 9.52 Å². The third kappa shape index (κ3) is 2.72. The number of pyridine rings is 1. The van der Waals surface area contributed by atoms with Crippen molar-refractivity contribution in [1.82, 2.24) is 4.98 Å². The number of rotatable bonds is 3. The van der Waals surface area contributed by atoms with Crippen molar-refractivity contribution in [3.05, 3.63) is 58.0 Å². The van der Waals surface area contributed by atoms with Crippen molar-refractivity contribution in [1.29, 1.82) is 0 Å². The molecular weight excluding hydrogens is 276 g/mol. The average Bonchev–Trinajstić information content (AvgIpc) is 2.32. The van der Waals surface area contributed by atoms with Crippen LogP contribution in [0.5, 0.6) is 0 Å². The molecule has 1 aromatic heterocycles. The molecule has 1 aromatic carbocycles. The van der Waals surface area contributed by atoms with Gasteiger partial charge in [0.15, 0.2) is 0 Å². The first-order chi connectivity index (χ1) is 8.49. The molecule has 0 atom stereocenters. The summed E-state index contributed by atoms with van der Waals surface area (Å²) in [6, 6.07) is 8.84. The highest BCUT2D eigenvalue weighted by Crippen LogP contribution is 2.23. The first-order valence-corrected chi connectivity index (χ1v) is 6.81. The second-order valence-electron chi connectivity index (χ2n) is 3.47. The van der Waals surface area contributed by atoms with Gasteiger partial charge in [0.1, 0.15) is 4.90 Å². The van der Waals surface area contributed by atoms with Gasteiger partial charge in [0.05, 0.1) is 10.7 Å². The minimum absolute atomic E-state index is 0.0398. The van der Waals surface area contributed by atoms with Crippen LogP contribution in [0.25, 0.3) is 0 Å². The lowest BCUT2D eigenvalue weighted by molar-refractivity contribution is 0.600. The van der Waals surface area contributed by atoms with Gasteiger partial charge in [-0.2, -0.15) is 0 Å². The number of aromatic amines is 1. The van der Waals surface area contributed by atoms with Gasteiger partial charge in [-0.05, 0) is 18.2 Å². The summed E-state index contributed by atoms with van der Waals surface area (Å²) < 4.78 is 26.3. The number of nitrogens with one attached hydrogen (secondary N) is 2. The molecular formula is C11H9ClN2O3S. The van der Waals surface area contributed by atoms with Gasteiger partial charge in [-0.1, -0.05) is 23.7 Å². The van der Waals surface area contributed by atoms with Gasteiger partial charge in [0.25, 0.3) is 10.0 Å². The molecule has 0 spiro atoms. The summed E-state index contributed by atoms with van der Waals surface area (Å²) in [6.07, 6.45) is 1.13. The SMILES string of the molecule is O=c1ccc(S(=O)(=O)Nc2ccccc2Cl)c[nH]1. The summed E-state index contributed by atoms with van der Waals surface area (Å²) in [5, 5.41) is 0.297. The summed E-state index contributed by atoms with van der Waals surface area (Å²) in [5.74, 6) is 0. The van der Waals surface area contributed by atoms with Crippen LogP contribution in [-0.2, 0) is 10.0 Å². The van der Waals surface area contributed by atoms with Crippen LogP contribution in [0.15, 0.2) is 52.3 Å². The number of benzene rings is 1. The maximum absolute atomic E-state index is 12.0. The van der Waals surface area contributed by atoms with E-state index in [1.165, 1.54) is 6.07 Å². The maximum Gasteiger partial charge on any atom is 0.263 e. The Labute approximate surface area is 108 Å². The Balaban J connectivity index is 2.36. The van der Waals surface area contributed by atoms with E-state index in [0.29, 0.717) is 5.02 Å². The van der Waals surface area contributed by atoms with E-state index < -0.39 is 10.0 Å². The Bertz CT molecular complexity index is 705. The first kappa shape index (κ1) is 12.7. The highest BCUT2D eigenvalue weighted by atomic mass is 35.5. The number of para-hydroxylation sites is 1. The zero-order valence-corrected chi connectivity index (χ0v) is 10.6. The van der Waals surface area contributed by atoms with E-state index in [4.69, 9.17) is 11.6 Å². The van der Waals surface area contributed by atoms with Crippen LogP contribution in [0.3, 0.4) is 0 Å².